The number of aliphatic carboxylic acids is 1. The van der Waals surface area contributed by atoms with Crippen LogP contribution in [0.5, 0.6) is 5.75 Å². The molecule has 1 aromatic heterocycles. The minimum atomic E-state index is -2.07. The number of carbonyl (C=O) groups excluding carboxylic acids is 16. The van der Waals surface area contributed by atoms with E-state index in [1.807, 2.05) is 0 Å². The number of amides is 16. The van der Waals surface area contributed by atoms with E-state index in [0.717, 1.165) is 31.5 Å². The number of rotatable bonds is 24. The number of aromatic nitrogens is 1. The average molecular weight is 1890 g/mol. The van der Waals surface area contributed by atoms with Crippen LogP contribution in [0.2, 0.25) is 0 Å². The number of hydrogen-bond donors (Lipinski definition) is 17. The maximum Gasteiger partial charge on any atom is 0.305 e. The van der Waals surface area contributed by atoms with Gasteiger partial charge >= 0.3 is 5.97 Å². The molecule has 15 atom stereocenters. The van der Waals surface area contributed by atoms with Crippen LogP contribution in [0.4, 0.5) is 13.2 Å². The number of likely N-dealkylation sites (N-methyl/N-ethyl adjacent to an activating group) is 3. The highest BCUT2D eigenvalue weighted by Gasteiger charge is 2.48. The van der Waals surface area contributed by atoms with Gasteiger partial charge in [0, 0.05) is 108 Å². The number of phenolic OH excluding ortho intramolecular Hbond substituents is 1. The van der Waals surface area contributed by atoms with Gasteiger partial charge in [0.2, 0.25) is 94.5 Å². The Morgan fingerprint density at radius 1 is 0.515 bits per heavy atom. The quantitative estimate of drug-likeness (QED) is 0.0303. The fourth-order valence-electron chi connectivity index (χ4n) is 16.2. The number of aromatic amines is 1. The third-order valence-electron chi connectivity index (χ3n) is 23.5. The van der Waals surface area contributed by atoms with Crippen LogP contribution in [0.3, 0.4) is 0 Å². The van der Waals surface area contributed by atoms with Crippen LogP contribution >= 0.6 is 11.8 Å². The lowest BCUT2D eigenvalue weighted by atomic mass is 9.98. The fraction of sp³-hybridized carbons (Fsp3) is 0.462. The molecule has 9 rings (SSSR count). The molecule has 722 valence electrons. The molecule has 0 spiro atoms. The molecule has 0 saturated carbocycles. The van der Waals surface area contributed by atoms with Gasteiger partial charge in [-0.25, -0.2) is 13.2 Å². The van der Waals surface area contributed by atoms with Gasteiger partial charge in [0.25, 0.3) is 0 Å². The lowest BCUT2D eigenvalue weighted by Crippen LogP contribution is -2.62. The molecule has 16 amide bonds. The highest BCUT2D eigenvalue weighted by Crippen LogP contribution is 2.29. The normalized spacial score (nSPS) is 24.6. The Morgan fingerprint density at radius 2 is 1.02 bits per heavy atom. The van der Waals surface area contributed by atoms with Gasteiger partial charge in [-0.1, -0.05) is 125 Å². The Morgan fingerprint density at radius 3 is 1.60 bits per heavy atom. The summed E-state index contributed by atoms with van der Waals surface area (Å²) in [7, 11) is 3.55. The summed E-state index contributed by atoms with van der Waals surface area (Å²) in [5.41, 5.74) is 18.9. The maximum atomic E-state index is 15.7. The van der Waals surface area contributed by atoms with Crippen LogP contribution in [-0.2, 0) is 114 Å². The minimum Gasteiger partial charge on any atom is -0.508 e. The number of nitrogens with one attached hydrogen (secondary N) is 10. The van der Waals surface area contributed by atoms with E-state index in [-0.39, 0.29) is 44.4 Å². The van der Waals surface area contributed by atoms with Crippen molar-refractivity contribution < 1.29 is 115 Å². The molecule has 5 aromatic carbocycles. The summed E-state index contributed by atoms with van der Waals surface area (Å²) in [4.78, 5) is 257. The number of fused-ring (bicyclic) bond motifs is 3. The van der Waals surface area contributed by atoms with E-state index in [9.17, 15) is 63.2 Å². The first kappa shape index (κ1) is 104. The van der Waals surface area contributed by atoms with Crippen molar-refractivity contribution in [1.29, 1.82) is 0 Å². The maximum absolute atomic E-state index is 15.7. The van der Waals surface area contributed by atoms with Crippen molar-refractivity contribution in [3.05, 3.63) is 173 Å². The number of halogens is 3. The molecular formula is C91H115F3N18O21S. The lowest BCUT2D eigenvalue weighted by molar-refractivity contribution is -0.152. The minimum absolute atomic E-state index is 0.150. The first-order valence-corrected chi connectivity index (χ1v) is 44.9. The predicted octanol–water partition coefficient (Wildman–Crippen LogP) is -1.63. The summed E-state index contributed by atoms with van der Waals surface area (Å²) in [6.07, 6.45) is -6.98. The highest BCUT2D eigenvalue weighted by molar-refractivity contribution is 8.00. The van der Waals surface area contributed by atoms with Crippen LogP contribution in [0.15, 0.2) is 128 Å². The van der Waals surface area contributed by atoms with Gasteiger partial charge in [-0.3, -0.25) is 81.5 Å². The molecule has 0 radical (unpaired) electrons. The zero-order valence-electron chi connectivity index (χ0n) is 74.7. The molecule has 3 aliphatic rings. The number of benzene rings is 5. The van der Waals surface area contributed by atoms with Crippen molar-refractivity contribution in [2.24, 2.45) is 23.1 Å². The van der Waals surface area contributed by atoms with Gasteiger partial charge in [0.05, 0.1) is 30.9 Å². The SMILES string of the molecule is CCCC[C@H]1C(=O)N2C[C@H](O)C[C@@H]2C(=O)N[C@@H](CC(=O)O)C(=O)N[C@@H](C(C)C)C(=O)N(C)[C@@H](Cc2ccccc2)C(=O)N[C@@H](CCC(N)=O)C(=O)N2C[C@H](O)C[C@H]2C(=O)N[C@@H](Cc2c[nH]c3ccccc23)C(=O)N[C@@H](Cc2ccc(O)cc2)C(=O)N[C@@H](CCN)C(=O)N[C@H](C(=O)NCC(N)=O)CSCC(=O)N[C@@H](Cc2cc(F)c(F)c(F)c2)C(=O)N(C)[C@@H](Cc2ccccc2)C(=O)N1C. The van der Waals surface area contributed by atoms with Crippen molar-refractivity contribution in [2.45, 2.75) is 201 Å². The summed E-state index contributed by atoms with van der Waals surface area (Å²) in [6, 6.07) is 6.73. The van der Waals surface area contributed by atoms with E-state index in [2.05, 4.69) is 52.8 Å². The van der Waals surface area contributed by atoms with E-state index in [1.54, 1.807) is 98.0 Å². The molecule has 0 bridgehead atoms. The van der Waals surface area contributed by atoms with Crippen LogP contribution in [0.25, 0.3) is 10.9 Å². The molecule has 3 aliphatic heterocycles. The molecular weight excluding hydrogens is 1770 g/mol. The first-order chi connectivity index (χ1) is 63.6. The summed E-state index contributed by atoms with van der Waals surface area (Å²) in [5.74, 6) is -26.6. The number of nitrogens with two attached hydrogens (primary N) is 3. The van der Waals surface area contributed by atoms with Crippen LogP contribution in [0.1, 0.15) is 106 Å². The van der Waals surface area contributed by atoms with Gasteiger partial charge < -0.3 is 115 Å². The monoisotopic (exact) mass is 1880 g/mol. The molecule has 134 heavy (non-hydrogen) atoms. The topological polar surface area (TPSA) is 589 Å². The Balaban J connectivity index is 1.14. The van der Waals surface area contributed by atoms with E-state index in [1.165, 1.54) is 52.2 Å². The van der Waals surface area contributed by atoms with Gasteiger partial charge in [-0.15, -0.1) is 11.8 Å². The van der Waals surface area contributed by atoms with Crippen LogP contribution < -0.4 is 65.1 Å². The molecule has 20 N–H and O–H groups in total. The number of nitrogens with zero attached hydrogens (tertiary/aromatic N) is 5. The second-order valence-corrected chi connectivity index (χ2v) is 34.8. The number of hydrogen-bond acceptors (Lipinski definition) is 22. The third-order valence-corrected chi connectivity index (χ3v) is 24.5. The molecule has 3 fully saturated rings. The number of unbranched alkanes of at least 4 members (excludes halogenated alkanes) is 1. The zero-order chi connectivity index (χ0) is 98.1. The number of aliphatic hydroxyl groups is 2. The Labute approximate surface area is 773 Å². The number of H-pyrrole nitrogens is 1. The number of carboxylic acid groups (broad SMARTS) is 1. The van der Waals surface area contributed by atoms with Crippen molar-refractivity contribution >= 4 is 123 Å². The molecule has 6 aromatic rings. The summed E-state index contributed by atoms with van der Waals surface area (Å²) in [5, 5.41) is 66.9. The standard InChI is InChI=1S/C91H115F3N18O21S/c1-7-8-23-68-90(132)112-45-56(115)40-71(112)86(128)105-65(41-76(119)120)83(125)107-78(48(2)3)91(133)109(5)69(36-49-17-11-9-12-18-49)84(126)102-62(28-29-73(96)116)88(130)111-44-55(114)39-70(111)85(127)104-64(38-53-42-98-60-22-16-15-21-57(53)60)82(124)103-63(34-51-24-26-54(113)27-25-51)81(123)101-61(30-31-95)80(122)106-67(79(121)99-43-74(97)117)46-134-47-75(118)100-66(35-52-32-58(92)77(94)59(93)33-52)87(129)110(6)72(89(131)108(68)4)37-50-19-13-10-14-20-50/h9-22,24-27,32-33,42,48,55-56,61-72,78,98,113-115H,7-8,23,28-31,34-41,43-47,95H2,1-6H3,(H2,96,116)(H2,97,117)(H,99,121)(H,100,118)(H,101,123)(H,102,126)(H,103,124)(H,104,127)(H,105,128)(H,106,122)(H,107,125)(H,119,120)/t55-,56-,61+,62+,63+,64+,65+,66+,67+,68+,69+,70+,71-,72+,78+/m1/s1. The van der Waals surface area contributed by atoms with E-state index < -0.39 is 303 Å². The number of aliphatic hydroxyl groups excluding tert-OH is 2. The molecule has 4 heterocycles. The largest absolute Gasteiger partial charge is 0.508 e. The first-order valence-electron chi connectivity index (χ1n) is 43.7. The molecule has 0 unspecified atom stereocenters. The van der Waals surface area contributed by atoms with E-state index >= 15 is 51.9 Å². The summed E-state index contributed by atoms with van der Waals surface area (Å²) in [6.45, 7) is 2.39. The third kappa shape index (κ3) is 28.5. The van der Waals surface area contributed by atoms with Gasteiger partial charge in [-0.05, 0) is 89.9 Å². The Hall–Kier alpha value is -13.6. The second kappa shape index (κ2) is 48.7. The Bertz CT molecular complexity index is 5240. The number of aromatic hydroxyl groups is 1. The second-order valence-electron chi connectivity index (χ2n) is 33.8. The average Bonchev–Trinajstić information content (AvgIpc) is 1.17. The van der Waals surface area contributed by atoms with Crippen molar-refractivity contribution in [3.8, 4) is 5.75 Å². The Kier molecular flexibility index (Phi) is 37.9. The number of phenols is 1. The number of thioether (sulfide) groups is 1. The molecule has 39 nitrogen and oxygen atoms in total. The van der Waals surface area contributed by atoms with Gasteiger partial charge in [0.15, 0.2) is 17.5 Å². The van der Waals surface area contributed by atoms with Crippen LogP contribution in [-0.4, -0.2) is 300 Å². The molecule has 0 aliphatic carbocycles. The number of primary amides is 2. The zero-order valence-corrected chi connectivity index (χ0v) is 75.6. The highest BCUT2D eigenvalue weighted by atomic mass is 32.2. The van der Waals surface area contributed by atoms with Crippen molar-refractivity contribution in [2.75, 3.05) is 58.8 Å². The lowest BCUT2D eigenvalue weighted by Gasteiger charge is -2.38. The summed E-state index contributed by atoms with van der Waals surface area (Å²) >= 11 is 0.619. The van der Waals surface area contributed by atoms with Crippen molar-refractivity contribution in [3.63, 3.8) is 0 Å². The number of para-hydroxylation sites is 1. The smallest absolute Gasteiger partial charge is 0.305 e. The molecule has 3 saturated heterocycles. The summed E-state index contributed by atoms with van der Waals surface area (Å²) < 4.78 is 45.0. The van der Waals surface area contributed by atoms with Gasteiger partial charge in [0.1, 0.15) is 84.3 Å². The fourth-order valence-corrected chi connectivity index (χ4v) is 17.1. The number of carboxylic acids is 1. The van der Waals surface area contributed by atoms with E-state index in [4.69, 9.17) is 17.2 Å². The predicted molar refractivity (Wildman–Crippen MR) is 480 cm³/mol. The van der Waals surface area contributed by atoms with Gasteiger partial charge in [-0.2, -0.15) is 0 Å². The molecule has 43 heteroatoms. The van der Waals surface area contributed by atoms with E-state index in [0.29, 0.717) is 63.5 Å². The number of carbonyl (C=O) groups is 17. The van der Waals surface area contributed by atoms with Crippen molar-refractivity contribution in [1.82, 2.24) is 77.3 Å². The van der Waals surface area contributed by atoms with Crippen LogP contribution in [0, 0.1) is 23.4 Å².